The van der Waals surface area contributed by atoms with Crippen LogP contribution in [0.5, 0.6) is 0 Å². The molecule has 0 spiro atoms. The van der Waals surface area contributed by atoms with E-state index in [9.17, 15) is 4.79 Å². The maximum atomic E-state index is 12.1. The van der Waals surface area contributed by atoms with Crippen LogP contribution in [0.15, 0.2) is 24.3 Å². The van der Waals surface area contributed by atoms with Gasteiger partial charge in [0.25, 0.3) is 0 Å². The van der Waals surface area contributed by atoms with Gasteiger partial charge in [-0.15, -0.1) is 0 Å². The third-order valence-corrected chi connectivity index (χ3v) is 3.97. The molecule has 0 aliphatic carbocycles. The van der Waals surface area contributed by atoms with Crippen molar-refractivity contribution >= 4 is 32.6 Å². The smallest absolute Gasteiger partial charge is 0.248 e. The Morgan fingerprint density at radius 1 is 1.50 bits per heavy atom. The molecule has 1 aromatic heterocycles. The minimum atomic E-state index is -0.919. The average molecular weight is 263 g/mol. The number of carbonyl (C=O) groups excluding carboxylic acids is 1. The second kappa shape index (κ2) is 4.31. The highest BCUT2D eigenvalue weighted by Gasteiger charge is 2.38. The van der Waals surface area contributed by atoms with E-state index < -0.39 is 5.54 Å². The summed E-state index contributed by atoms with van der Waals surface area (Å²) in [5.41, 5.74) is 5.95. The van der Waals surface area contributed by atoms with Crippen LogP contribution in [0.2, 0.25) is 0 Å². The Balaban J connectivity index is 1.81. The average Bonchev–Trinajstić information content (AvgIpc) is 2.95. The van der Waals surface area contributed by atoms with Crippen LogP contribution in [0.1, 0.15) is 6.42 Å². The second-order valence-corrected chi connectivity index (χ2v) is 5.43. The molecule has 0 saturated carbocycles. The lowest BCUT2D eigenvalue weighted by molar-refractivity contribution is -0.121. The molecular weight excluding hydrogens is 250 g/mol. The van der Waals surface area contributed by atoms with Crippen LogP contribution in [0.4, 0.5) is 5.13 Å². The van der Waals surface area contributed by atoms with Crippen molar-refractivity contribution in [3.63, 3.8) is 0 Å². The fourth-order valence-electron chi connectivity index (χ4n) is 1.91. The molecule has 0 bridgehead atoms. The SMILES string of the molecule is NC1(C(=O)Nc2nc3ccccc3s2)CCOC1. The summed E-state index contributed by atoms with van der Waals surface area (Å²) >= 11 is 1.44. The predicted octanol–water partition coefficient (Wildman–Crippen LogP) is 1.35. The quantitative estimate of drug-likeness (QED) is 0.857. The third kappa shape index (κ3) is 1.98. The molecule has 94 valence electrons. The lowest BCUT2D eigenvalue weighted by Gasteiger charge is -2.19. The van der Waals surface area contributed by atoms with Crippen LogP contribution in [0.25, 0.3) is 10.2 Å². The fourth-order valence-corrected chi connectivity index (χ4v) is 2.77. The molecule has 6 heteroatoms. The molecule has 1 aliphatic rings. The number of nitrogens with zero attached hydrogens (tertiary/aromatic N) is 1. The highest BCUT2D eigenvalue weighted by Crippen LogP contribution is 2.26. The van der Waals surface area contributed by atoms with Crippen molar-refractivity contribution in [2.24, 2.45) is 5.73 Å². The number of fused-ring (bicyclic) bond motifs is 1. The van der Waals surface area contributed by atoms with Crippen molar-refractivity contribution in [1.82, 2.24) is 4.98 Å². The van der Waals surface area contributed by atoms with Gasteiger partial charge in [-0.05, 0) is 18.6 Å². The Labute approximate surface area is 108 Å². The predicted molar refractivity (Wildman–Crippen MR) is 70.6 cm³/mol. The van der Waals surface area contributed by atoms with E-state index in [1.807, 2.05) is 24.3 Å². The Morgan fingerprint density at radius 2 is 2.33 bits per heavy atom. The van der Waals surface area contributed by atoms with Crippen molar-refractivity contribution in [3.8, 4) is 0 Å². The first kappa shape index (κ1) is 11.6. The zero-order chi connectivity index (χ0) is 12.6. The van der Waals surface area contributed by atoms with Crippen molar-refractivity contribution in [1.29, 1.82) is 0 Å². The summed E-state index contributed by atoms with van der Waals surface area (Å²) in [7, 11) is 0. The number of benzene rings is 1. The number of para-hydroxylation sites is 1. The van der Waals surface area contributed by atoms with Gasteiger partial charge in [0.15, 0.2) is 5.13 Å². The van der Waals surface area contributed by atoms with Crippen LogP contribution in [0, 0.1) is 0 Å². The van der Waals surface area contributed by atoms with Gasteiger partial charge >= 0.3 is 0 Å². The standard InChI is InChI=1S/C12H13N3O2S/c13-12(5-6-17-7-12)10(16)15-11-14-8-3-1-2-4-9(8)18-11/h1-4H,5-7,13H2,(H,14,15,16). The number of amides is 1. The van der Waals surface area contributed by atoms with Gasteiger partial charge in [0.1, 0.15) is 5.54 Å². The molecule has 1 aliphatic heterocycles. The van der Waals surface area contributed by atoms with Crippen molar-refractivity contribution in [2.75, 3.05) is 18.5 Å². The molecule has 3 rings (SSSR count). The minimum Gasteiger partial charge on any atom is -0.379 e. The number of rotatable bonds is 2. The number of hydrogen-bond acceptors (Lipinski definition) is 5. The van der Waals surface area contributed by atoms with E-state index in [2.05, 4.69) is 10.3 Å². The van der Waals surface area contributed by atoms with Gasteiger partial charge in [0.05, 0.1) is 16.8 Å². The van der Waals surface area contributed by atoms with E-state index in [1.54, 1.807) is 0 Å². The van der Waals surface area contributed by atoms with Gasteiger partial charge in [-0.1, -0.05) is 23.5 Å². The summed E-state index contributed by atoms with van der Waals surface area (Å²) in [5.74, 6) is -0.223. The van der Waals surface area contributed by atoms with E-state index >= 15 is 0 Å². The number of nitrogens with two attached hydrogens (primary N) is 1. The van der Waals surface area contributed by atoms with Crippen LogP contribution in [-0.2, 0) is 9.53 Å². The highest BCUT2D eigenvalue weighted by molar-refractivity contribution is 7.22. The lowest BCUT2D eigenvalue weighted by Crippen LogP contribution is -2.51. The number of hydrogen-bond donors (Lipinski definition) is 2. The summed E-state index contributed by atoms with van der Waals surface area (Å²) in [6.45, 7) is 0.799. The maximum Gasteiger partial charge on any atom is 0.248 e. The molecule has 3 N–H and O–H groups in total. The summed E-state index contributed by atoms with van der Waals surface area (Å²) in [6.07, 6.45) is 0.545. The highest BCUT2D eigenvalue weighted by atomic mass is 32.1. The topological polar surface area (TPSA) is 77.2 Å². The fraction of sp³-hybridized carbons (Fsp3) is 0.333. The van der Waals surface area contributed by atoms with E-state index in [0.717, 1.165) is 10.2 Å². The molecular formula is C12H13N3O2S. The maximum absolute atomic E-state index is 12.1. The van der Waals surface area contributed by atoms with Gasteiger partial charge in [-0.25, -0.2) is 4.98 Å². The molecule has 2 heterocycles. The first-order valence-corrected chi connectivity index (χ1v) is 6.53. The van der Waals surface area contributed by atoms with Crippen molar-refractivity contribution in [3.05, 3.63) is 24.3 Å². The van der Waals surface area contributed by atoms with E-state index in [-0.39, 0.29) is 12.5 Å². The number of nitrogens with one attached hydrogen (secondary N) is 1. The number of anilines is 1. The van der Waals surface area contributed by atoms with Crippen LogP contribution in [0.3, 0.4) is 0 Å². The number of aromatic nitrogens is 1. The molecule has 1 unspecified atom stereocenters. The van der Waals surface area contributed by atoms with Crippen LogP contribution >= 0.6 is 11.3 Å². The normalized spacial score (nSPS) is 23.4. The lowest BCUT2D eigenvalue weighted by atomic mass is 10.00. The zero-order valence-electron chi connectivity index (χ0n) is 9.68. The van der Waals surface area contributed by atoms with Gasteiger partial charge in [-0.3, -0.25) is 4.79 Å². The Hall–Kier alpha value is -1.50. The van der Waals surface area contributed by atoms with Gasteiger partial charge < -0.3 is 15.8 Å². The summed E-state index contributed by atoms with van der Waals surface area (Å²) < 4.78 is 6.22. The zero-order valence-corrected chi connectivity index (χ0v) is 10.5. The molecule has 18 heavy (non-hydrogen) atoms. The number of ether oxygens (including phenoxy) is 1. The first-order valence-electron chi connectivity index (χ1n) is 5.71. The monoisotopic (exact) mass is 263 g/mol. The van der Waals surface area contributed by atoms with Crippen LogP contribution < -0.4 is 11.1 Å². The van der Waals surface area contributed by atoms with Gasteiger partial charge in [0, 0.05) is 6.61 Å². The van der Waals surface area contributed by atoms with Crippen molar-refractivity contribution in [2.45, 2.75) is 12.0 Å². The molecule has 2 aromatic rings. The van der Waals surface area contributed by atoms with Crippen molar-refractivity contribution < 1.29 is 9.53 Å². The second-order valence-electron chi connectivity index (χ2n) is 4.40. The summed E-state index contributed by atoms with van der Waals surface area (Å²) in [5, 5.41) is 3.36. The first-order chi connectivity index (χ1) is 8.67. The number of thiazole rings is 1. The Kier molecular flexibility index (Phi) is 2.77. The molecule has 5 nitrogen and oxygen atoms in total. The van der Waals surface area contributed by atoms with Crippen LogP contribution in [-0.4, -0.2) is 29.6 Å². The molecule has 0 radical (unpaired) electrons. The summed E-state index contributed by atoms with van der Waals surface area (Å²) in [6, 6.07) is 7.75. The Bertz CT molecular complexity index is 557. The Morgan fingerprint density at radius 3 is 3.06 bits per heavy atom. The molecule has 1 amide bonds. The minimum absolute atomic E-state index is 0.223. The van der Waals surface area contributed by atoms with E-state index in [1.165, 1.54) is 11.3 Å². The number of carbonyl (C=O) groups is 1. The van der Waals surface area contributed by atoms with Gasteiger partial charge in [-0.2, -0.15) is 0 Å². The third-order valence-electron chi connectivity index (χ3n) is 3.02. The largest absolute Gasteiger partial charge is 0.379 e. The molecule has 1 fully saturated rings. The molecule has 1 atom stereocenters. The molecule has 1 aromatic carbocycles. The van der Waals surface area contributed by atoms with E-state index in [0.29, 0.717) is 18.2 Å². The van der Waals surface area contributed by atoms with Gasteiger partial charge in [0.2, 0.25) is 5.91 Å². The summed E-state index contributed by atoms with van der Waals surface area (Å²) in [4.78, 5) is 16.4. The van der Waals surface area contributed by atoms with E-state index in [4.69, 9.17) is 10.5 Å². The molecule has 1 saturated heterocycles.